The van der Waals surface area contributed by atoms with Gasteiger partial charge in [-0.3, -0.25) is 0 Å². The van der Waals surface area contributed by atoms with E-state index in [2.05, 4.69) is 4.72 Å². The van der Waals surface area contributed by atoms with Gasteiger partial charge in [0.15, 0.2) is 9.84 Å². The number of thiophene rings is 1. The Hall–Kier alpha value is -2.00. The van der Waals surface area contributed by atoms with E-state index >= 15 is 0 Å². The van der Waals surface area contributed by atoms with Crippen molar-refractivity contribution in [3.8, 4) is 0 Å². The van der Waals surface area contributed by atoms with Crippen LogP contribution in [0.5, 0.6) is 0 Å². The summed E-state index contributed by atoms with van der Waals surface area (Å²) >= 11 is 1.29. The molecule has 8 heteroatoms. The van der Waals surface area contributed by atoms with Crippen LogP contribution in [0.15, 0.2) is 81.9 Å². The molecule has 0 saturated carbocycles. The summed E-state index contributed by atoms with van der Waals surface area (Å²) < 4.78 is 53.8. The largest absolute Gasteiger partial charge is 0.240 e. The quantitative estimate of drug-likeness (QED) is 0.633. The number of rotatable bonds is 7. The van der Waals surface area contributed by atoms with Crippen LogP contribution in [0.3, 0.4) is 0 Å². The minimum absolute atomic E-state index is 0.0997. The van der Waals surface area contributed by atoms with Gasteiger partial charge in [0.05, 0.1) is 9.79 Å². The van der Waals surface area contributed by atoms with Gasteiger partial charge in [-0.15, -0.1) is 11.3 Å². The lowest BCUT2D eigenvalue weighted by atomic mass is 10.2. The van der Waals surface area contributed by atoms with Gasteiger partial charge in [-0.2, -0.15) is 0 Å². The van der Waals surface area contributed by atoms with Gasteiger partial charge in [-0.25, -0.2) is 21.6 Å². The highest BCUT2D eigenvalue weighted by molar-refractivity contribution is 7.92. The van der Waals surface area contributed by atoms with Crippen LogP contribution in [0, 0.1) is 6.92 Å². The molecule has 1 atom stereocenters. The van der Waals surface area contributed by atoms with Crippen LogP contribution in [-0.2, 0) is 19.9 Å². The fourth-order valence-corrected chi connectivity index (χ4v) is 6.56. The van der Waals surface area contributed by atoms with Crippen LogP contribution in [-0.4, -0.2) is 23.4 Å². The van der Waals surface area contributed by atoms with Crippen LogP contribution >= 0.6 is 11.3 Å². The Kier molecular flexibility index (Phi) is 5.81. The molecule has 1 aromatic heterocycles. The van der Waals surface area contributed by atoms with Crippen molar-refractivity contribution in [2.45, 2.75) is 22.0 Å². The number of sulfone groups is 1. The lowest BCUT2D eigenvalue weighted by Crippen LogP contribution is -2.31. The number of nitrogens with one attached hydrogen (secondary N) is 1. The first-order valence-electron chi connectivity index (χ1n) is 8.19. The third-order valence-electron chi connectivity index (χ3n) is 4.10. The summed E-state index contributed by atoms with van der Waals surface area (Å²) in [5.41, 5.74) is 0.950. The lowest BCUT2D eigenvalue weighted by molar-refractivity contribution is 0.569. The maximum absolute atomic E-state index is 13.2. The van der Waals surface area contributed by atoms with Crippen molar-refractivity contribution in [2.75, 3.05) is 6.54 Å². The van der Waals surface area contributed by atoms with E-state index in [9.17, 15) is 16.8 Å². The van der Waals surface area contributed by atoms with E-state index in [1.165, 1.54) is 23.5 Å². The zero-order chi connectivity index (χ0) is 19.5. The van der Waals surface area contributed by atoms with Gasteiger partial charge in [0, 0.05) is 11.4 Å². The molecule has 0 radical (unpaired) electrons. The lowest BCUT2D eigenvalue weighted by Gasteiger charge is -2.18. The average molecular weight is 422 g/mol. The summed E-state index contributed by atoms with van der Waals surface area (Å²) in [6.45, 7) is 1.63. The van der Waals surface area contributed by atoms with Gasteiger partial charge in [-0.05, 0) is 42.6 Å². The van der Waals surface area contributed by atoms with Crippen molar-refractivity contribution in [1.29, 1.82) is 0 Å². The smallest absolute Gasteiger partial charge is 0.223 e. The molecule has 0 aliphatic heterocycles. The SMILES string of the molecule is Cc1ccc(S(=O)(=O)[C@@H](CNS(=O)(=O)c2ccccc2)c2cccs2)cc1. The molecule has 0 aliphatic rings. The topological polar surface area (TPSA) is 80.3 Å². The molecular formula is C19H19NO4S3. The second kappa shape index (κ2) is 7.93. The van der Waals surface area contributed by atoms with Crippen LogP contribution in [0.2, 0.25) is 0 Å². The second-order valence-electron chi connectivity index (χ2n) is 6.03. The first-order chi connectivity index (χ1) is 12.8. The van der Waals surface area contributed by atoms with Crippen LogP contribution in [0.25, 0.3) is 0 Å². The molecule has 0 saturated heterocycles. The Labute approximate surface area is 163 Å². The van der Waals surface area contributed by atoms with E-state index in [-0.39, 0.29) is 16.3 Å². The van der Waals surface area contributed by atoms with E-state index in [4.69, 9.17) is 0 Å². The van der Waals surface area contributed by atoms with E-state index in [0.29, 0.717) is 4.88 Å². The number of aryl methyl sites for hydroxylation is 1. The van der Waals surface area contributed by atoms with E-state index < -0.39 is 25.1 Å². The molecule has 3 aromatic rings. The molecule has 0 fully saturated rings. The fourth-order valence-electron chi connectivity index (χ4n) is 2.60. The maximum Gasteiger partial charge on any atom is 0.240 e. The molecule has 3 rings (SSSR count). The summed E-state index contributed by atoms with van der Waals surface area (Å²) in [4.78, 5) is 0.861. The molecule has 0 spiro atoms. The van der Waals surface area contributed by atoms with Crippen molar-refractivity contribution in [3.63, 3.8) is 0 Å². The van der Waals surface area contributed by atoms with Gasteiger partial charge in [0.2, 0.25) is 10.0 Å². The van der Waals surface area contributed by atoms with Crippen molar-refractivity contribution >= 4 is 31.2 Å². The van der Waals surface area contributed by atoms with Crippen molar-refractivity contribution in [1.82, 2.24) is 4.72 Å². The standard InChI is InChI=1S/C19H19NO4S3/c1-15-9-11-16(12-10-15)26(21,22)19(18-8-5-13-25-18)14-20-27(23,24)17-6-3-2-4-7-17/h2-13,19-20H,14H2,1H3/t19-/m0/s1. The third-order valence-corrected chi connectivity index (χ3v) is 8.77. The monoisotopic (exact) mass is 421 g/mol. The normalized spacial score (nSPS) is 13.4. The zero-order valence-corrected chi connectivity index (χ0v) is 17.0. The zero-order valence-electron chi connectivity index (χ0n) is 14.6. The molecule has 0 bridgehead atoms. The maximum atomic E-state index is 13.2. The minimum atomic E-state index is -3.81. The van der Waals surface area contributed by atoms with Gasteiger partial charge in [0.1, 0.15) is 5.25 Å². The Morgan fingerprint density at radius 1 is 0.852 bits per heavy atom. The highest BCUT2D eigenvalue weighted by Gasteiger charge is 2.31. The summed E-state index contributed by atoms with van der Waals surface area (Å²) in [5.74, 6) is 0. The average Bonchev–Trinajstić information content (AvgIpc) is 3.17. The van der Waals surface area contributed by atoms with Gasteiger partial charge < -0.3 is 0 Å². The molecule has 2 aromatic carbocycles. The first kappa shape index (κ1) is 19.8. The Morgan fingerprint density at radius 2 is 1.52 bits per heavy atom. The molecule has 1 heterocycles. The van der Waals surface area contributed by atoms with Gasteiger partial charge in [0.25, 0.3) is 0 Å². The van der Waals surface area contributed by atoms with Crippen LogP contribution in [0.1, 0.15) is 15.7 Å². The third kappa shape index (κ3) is 4.47. The molecule has 142 valence electrons. The molecule has 27 heavy (non-hydrogen) atoms. The highest BCUT2D eigenvalue weighted by atomic mass is 32.2. The van der Waals surface area contributed by atoms with E-state index in [0.717, 1.165) is 5.56 Å². The van der Waals surface area contributed by atoms with E-state index in [1.54, 1.807) is 60.0 Å². The second-order valence-corrected chi connectivity index (χ2v) is 10.9. The summed E-state index contributed by atoms with van der Waals surface area (Å²) in [5, 5.41) is 0.775. The Bertz CT molecular complexity index is 1090. The van der Waals surface area contributed by atoms with Crippen molar-refractivity contribution in [3.05, 3.63) is 82.6 Å². The summed E-state index contributed by atoms with van der Waals surface area (Å²) in [7, 11) is -7.57. The molecule has 1 N–H and O–H groups in total. The highest BCUT2D eigenvalue weighted by Crippen LogP contribution is 2.31. The van der Waals surface area contributed by atoms with Crippen LogP contribution < -0.4 is 4.72 Å². The van der Waals surface area contributed by atoms with Gasteiger partial charge >= 0.3 is 0 Å². The van der Waals surface area contributed by atoms with E-state index in [1.807, 2.05) is 6.92 Å². The first-order valence-corrected chi connectivity index (χ1v) is 12.1. The number of hydrogen-bond acceptors (Lipinski definition) is 5. The Balaban J connectivity index is 1.92. The predicted molar refractivity (Wildman–Crippen MR) is 107 cm³/mol. The fraction of sp³-hybridized carbons (Fsp3) is 0.158. The molecule has 0 unspecified atom stereocenters. The molecule has 5 nitrogen and oxygen atoms in total. The number of sulfonamides is 1. The van der Waals surface area contributed by atoms with Crippen molar-refractivity contribution in [2.24, 2.45) is 0 Å². The van der Waals surface area contributed by atoms with Gasteiger partial charge in [-0.1, -0.05) is 42.0 Å². The Morgan fingerprint density at radius 3 is 2.11 bits per heavy atom. The van der Waals surface area contributed by atoms with Crippen molar-refractivity contribution < 1.29 is 16.8 Å². The molecule has 0 aliphatic carbocycles. The van der Waals surface area contributed by atoms with Crippen LogP contribution in [0.4, 0.5) is 0 Å². The predicted octanol–water partition coefficient (Wildman–Crippen LogP) is 3.55. The molecular weight excluding hydrogens is 402 g/mol. The number of benzene rings is 2. The number of hydrogen-bond donors (Lipinski definition) is 1. The molecule has 0 amide bonds. The minimum Gasteiger partial charge on any atom is -0.223 e. The summed E-state index contributed by atoms with van der Waals surface area (Å²) in [6.07, 6.45) is 0. The summed E-state index contributed by atoms with van der Waals surface area (Å²) in [6, 6.07) is 17.9.